The van der Waals surface area contributed by atoms with E-state index in [4.69, 9.17) is 10.5 Å². The summed E-state index contributed by atoms with van der Waals surface area (Å²) >= 11 is 0. The van der Waals surface area contributed by atoms with E-state index in [0.29, 0.717) is 12.0 Å². The van der Waals surface area contributed by atoms with Gasteiger partial charge in [0.15, 0.2) is 6.10 Å². The normalized spacial score (nSPS) is 17.0. The molecule has 0 saturated heterocycles. The zero-order valence-electron chi connectivity index (χ0n) is 11.4. The van der Waals surface area contributed by atoms with Gasteiger partial charge >= 0.3 is 6.18 Å². The van der Waals surface area contributed by atoms with Crippen molar-refractivity contribution in [1.29, 1.82) is 0 Å². The lowest BCUT2D eigenvalue weighted by Crippen LogP contribution is -2.37. The SMILES string of the molecule is CCC(N)C(OC(C)C(F)(F)F)c1ccc(C)cc1. The molecule has 5 heteroatoms. The minimum atomic E-state index is -4.38. The van der Waals surface area contributed by atoms with Crippen molar-refractivity contribution in [2.24, 2.45) is 5.73 Å². The van der Waals surface area contributed by atoms with Crippen LogP contribution in [0.25, 0.3) is 0 Å². The Balaban J connectivity index is 2.92. The summed E-state index contributed by atoms with van der Waals surface area (Å²) in [6, 6.07) is 6.74. The average molecular weight is 275 g/mol. The first-order valence-electron chi connectivity index (χ1n) is 6.30. The first-order valence-corrected chi connectivity index (χ1v) is 6.30. The number of alkyl halides is 3. The van der Waals surface area contributed by atoms with Crippen LogP contribution in [-0.2, 0) is 4.74 Å². The predicted molar refractivity (Wildman–Crippen MR) is 68.8 cm³/mol. The Kier molecular flexibility index (Phi) is 5.38. The molecular weight excluding hydrogens is 255 g/mol. The highest BCUT2D eigenvalue weighted by molar-refractivity contribution is 5.24. The van der Waals surface area contributed by atoms with E-state index in [9.17, 15) is 13.2 Å². The van der Waals surface area contributed by atoms with Gasteiger partial charge in [0.05, 0.1) is 6.10 Å². The van der Waals surface area contributed by atoms with Crippen molar-refractivity contribution in [1.82, 2.24) is 0 Å². The lowest BCUT2D eigenvalue weighted by Gasteiger charge is -2.28. The monoisotopic (exact) mass is 275 g/mol. The van der Waals surface area contributed by atoms with Crippen LogP contribution in [0.2, 0.25) is 0 Å². The molecule has 0 aliphatic carbocycles. The van der Waals surface area contributed by atoms with Crippen LogP contribution >= 0.6 is 0 Å². The average Bonchev–Trinajstić information content (AvgIpc) is 2.35. The number of hydrogen-bond acceptors (Lipinski definition) is 2. The van der Waals surface area contributed by atoms with Crippen LogP contribution in [0.15, 0.2) is 24.3 Å². The van der Waals surface area contributed by atoms with Crippen LogP contribution in [0.5, 0.6) is 0 Å². The number of aryl methyl sites for hydroxylation is 1. The van der Waals surface area contributed by atoms with Gasteiger partial charge in [0.25, 0.3) is 0 Å². The molecule has 2 N–H and O–H groups in total. The molecule has 19 heavy (non-hydrogen) atoms. The third kappa shape index (κ3) is 4.51. The Hall–Kier alpha value is -1.07. The first kappa shape index (κ1) is 16.0. The van der Waals surface area contributed by atoms with E-state index in [2.05, 4.69) is 0 Å². The fourth-order valence-corrected chi connectivity index (χ4v) is 1.69. The van der Waals surface area contributed by atoms with Crippen molar-refractivity contribution < 1.29 is 17.9 Å². The second-order valence-corrected chi connectivity index (χ2v) is 4.72. The molecule has 0 heterocycles. The molecule has 0 amide bonds. The van der Waals surface area contributed by atoms with Gasteiger partial charge in [-0.25, -0.2) is 0 Å². The van der Waals surface area contributed by atoms with Gasteiger partial charge in [0.1, 0.15) is 0 Å². The molecule has 0 aliphatic heterocycles. The van der Waals surface area contributed by atoms with E-state index in [-0.39, 0.29) is 0 Å². The summed E-state index contributed by atoms with van der Waals surface area (Å²) in [6.07, 6.45) is -6.42. The molecule has 0 aromatic heterocycles. The van der Waals surface area contributed by atoms with Gasteiger partial charge in [0.2, 0.25) is 0 Å². The van der Waals surface area contributed by atoms with Crippen LogP contribution < -0.4 is 5.73 Å². The van der Waals surface area contributed by atoms with Crippen molar-refractivity contribution >= 4 is 0 Å². The predicted octanol–water partition coefficient (Wildman–Crippen LogP) is 3.74. The third-order valence-corrected chi connectivity index (χ3v) is 3.08. The quantitative estimate of drug-likeness (QED) is 0.888. The van der Waals surface area contributed by atoms with Crippen molar-refractivity contribution in [3.8, 4) is 0 Å². The standard InChI is InChI=1S/C14H20F3NO/c1-4-12(18)13(19-10(3)14(15,16)17)11-7-5-9(2)6-8-11/h5-8,10,12-13H,4,18H2,1-3H3. The molecule has 3 unspecified atom stereocenters. The van der Waals surface area contributed by atoms with Gasteiger partial charge < -0.3 is 10.5 Å². The Morgan fingerprint density at radius 1 is 1.21 bits per heavy atom. The molecule has 0 spiro atoms. The van der Waals surface area contributed by atoms with E-state index in [1.807, 2.05) is 26.0 Å². The number of ether oxygens (including phenoxy) is 1. The van der Waals surface area contributed by atoms with Crippen molar-refractivity contribution in [2.45, 2.75) is 51.6 Å². The largest absolute Gasteiger partial charge is 0.414 e. The van der Waals surface area contributed by atoms with Crippen LogP contribution in [0, 0.1) is 6.92 Å². The molecule has 0 saturated carbocycles. The van der Waals surface area contributed by atoms with Gasteiger partial charge in [-0.2, -0.15) is 13.2 Å². The molecule has 1 rings (SSSR count). The summed E-state index contributed by atoms with van der Waals surface area (Å²) in [5.41, 5.74) is 7.60. The molecule has 3 atom stereocenters. The zero-order chi connectivity index (χ0) is 14.6. The molecular formula is C14H20F3NO. The summed E-state index contributed by atoms with van der Waals surface area (Å²) in [5.74, 6) is 0. The van der Waals surface area contributed by atoms with Gasteiger partial charge in [-0.05, 0) is 25.8 Å². The number of hydrogen-bond donors (Lipinski definition) is 1. The summed E-state index contributed by atoms with van der Waals surface area (Å²) in [7, 11) is 0. The molecule has 2 nitrogen and oxygen atoms in total. The zero-order valence-corrected chi connectivity index (χ0v) is 11.4. The number of nitrogens with two attached hydrogens (primary N) is 1. The van der Waals surface area contributed by atoms with E-state index < -0.39 is 24.4 Å². The van der Waals surface area contributed by atoms with Crippen LogP contribution in [0.1, 0.15) is 37.5 Å². The lowest BCUT2D eigenvalue weighted by molar-refractivity contribution is -0.229. The summed E-state index contributed by atoms with van der Waals surface area (Å²) in [5, 5.41) is 0. The molecule has 0 radical (unpaired) electrons. The molecule has 1 aromatic rings. The number of rotatable bonds is 5. The van der Waals surface area contributed by atoms with E-state index in [0.717, 1.165) is 12.5 Å². The highest BCUT2D eigenvalue weighted by Crippen LogP contribution is 2.30. The maximum atomic E-state index is 12.6. The van der Waals surface area contributed by atoms with Crippen molar-refractivity contribution in [3.63, 3.8) is 0 Å². The fraction of sp³-hybridized carbons (Fsp3) is 0.571. The van der Waals surface area contributed by atoms with E-state index >= 15 is 0 Å². The molecule has 0 fully saturated rings. The molecule has 0 aliphatic rings. The Labute approximate surface area is 111 Å². The van der Waals surface area contributed by atoms with E-state index in [1.54, 1.807) is 12.1 Å². The minimum absolute atomic E-state index is 0.465. The Bertz CT molecular complexity index is 389. The lowest BCUT2D eigenvalue weighted by atomic mass is 9.99. The van der Waals surface area contributed by atoms with Crippen LogP contribution in [0.3, 0.4) is 0 Å². The topological polar surface area (TPSA) is 35.2 Å². The summed E-state index contributed by atoms with van der Waals surface area (Å²) < 4.78 is 42.9. The summed E-state index contributed by atoms with van der Waals surface area (Å²) in [6.45, 7) is 4.74. The Morgan fingerprint density at radius 2 is 1.74 bits per heavy atom. The molecule has 0 bridgehead atoms. The van der Waals surface area contributed by atoms with Gasteiger partial charge in [0, 0.05) is 6.04 Å². The maximum Gasteiger partial charge on any atom is 0.414 e. The number of benzene rings is 1. The third-order valence-electron chi connectivity index (χ3n) is 3.08. The fourth-order valence-electron chi connectivity index (χ4n) is 1.69. The van der Waals surface area contributed by atoms with Gasteiger partial charge in [-0.1, -0.05) is 36.8 Å². The second kappa shape index (κ2) is 6.39. The molecule has 108 valence electrons. The van der Waals surface area contributed by atoms with Crippen LogP contribution in [-0.4, -0.2) is 18.3 Å². The van der Waals surface area contributed by atoms with Crippen LogP contribution in [0.4, 0.5) is 13.2 Å². The van der Waals surface area contributed by atoms with E-state index in [1.165, 1.54) is 0 Å². The molecule has 1 aromatic carbocycles. The van der Waals surface area contributed by atoms with Crippen molar-refractivity contribution in [3.05, 3.63) is 35.4 Å². The maximum absolute atomic E-state index is 12.6. The smallest absolute Gasteiger partial charge is 0.360 e. The van der Waals surface area contributed by atoms with Gasteiger partial charge in [-0.15, -0.1) is 0 Å². The summed E-state index contributed by atoms with van der Waals surface area (Å²) in [4.78, 5) is 0. The van der Waals surface area contributed by atoms with Crippen molar-refractivity contribution in [2.75, 3.05) is 0 Å². The first-order chi connectivity index (χ1) is 8.75. The highest BCUT2D eigenvalue weighted by Gasteiger charge is 2.39. The Morgan fingerprint density at radius 3 is 2.16 bits per heavy atom. The van der Waals surface area contributed by atoms with Gasteiger partial charge in [-0.3, -0.25) is 0 Å². The number of halogens is 3. The minimum Gasteiger partial charge on any atom is -0.360 e. The highest BCUT2D eigenvalue weighted by atomic mass is 19.4. The second-order valence-electron chi connectivity index (χ2n) is 4.72.